The van der Waals surface area contributed by atoms with Crippen molar-refractivity contribution in [2.45, 2.75) is 84.2 Å². The molecule has 5 aliphatic rings. The van der Waals surface area contributed by atoms with Crippen LogP contribution in [0.1, 0.15) is 77.2 Å². The van der Waals surface area contributed by atoms with Gasteiger partial charge in [0.2, 0.25) is 0 Å². The van der Waals surface area contributed by atoms with Gasteiger partial charge in [-0.25, -0.2) is 0 Å². The second-order valence-corrected chi connectivity index (χ2v) is 12.0. The fourth-order valence-electron chi connectivity index (χ4n) is 9.11. The lowest BCUT2D eigenvalue weighted by Gasteiger charge is -2.58. The maximum absolute atomic E-state index is 10.3. The first-order valence-electron chi connectivity index (χ1n) is 13.0. The van der Waals surface area contributed by atoms with Gasteiger partial charge in [-0.2, -0.15) is 0 Å². The molecular formula is C29H39NO. The van der Waals surface area contributed by atoms with Gasteiger partial charge in [0.1, 0.15) is 0 Å². The van der Waals surface area contributed by atoms with Gasteiger partial charge in [0.15, 0.2) is 0 Å². The molecule has 2 nitrogen and oxygen atoms in total. The molecule has 31 heavy (non-hydrogen) atoms. The van der Waals surface area contributed by atoms with Gasteiger partial charge in [-0.3, -0.25) is 4.99 Å². The summed E-state index contributed by atoms with van der Waals surface area (Å²) in [5.74, 6) is 3.99. The number of benzene rings is 1. The number of hydrogen-bond acceptors (Lipinski definition) is 2. The standard InChI is InChI=1S/C29H39NO/c1-28-15-13-22(31)17-21(28)9-10-23-25-12-11-24(29(25,2)16-14-26(23)28)20-8-7-19-5-3-4-6-27(19)30-18-20/h3-6,9,18,20,22-26,31H,7-8,10-17H2,1-2H3/t20?,22-,23?,24?,25?,26?,28-,29+/m0/s1. The van der Waals surface area contributed by atoms with Gasteiger partial charge < -0.3 is 5.11 Å². The molecule has 3 saturated carbocycles. The Morgan fingerprint density at radius 3 is 2.68 bits per heavy atom. The zero-order chi connectivity index (χ0) is 21.2. The van der Waals surface area contributed by atoms with Crippen LogP contribution in [0.3, 0.4) is 0 Å². The molecule has 0 aromatic heterocycles. The van der Waals surface area contributed by atoms with Crippen LogP contribution >= 0.6 is 0 Å². The van der Waals surface area contributed by atoms with E-state index in [9.17, 15) is 5.11 Å². The normalized spacial score (nSPS) is 46.2. The molecule has 2 heteroatoms. The predicted molar refractivity (Wildman–Crippen MR) is 128 cm³/mol. The van der Waals surface area contributed by atoms with Gasteiger partial charge in [0.25, 0.3) is 0 Å². The Morgan fingerprint density at radius 2 is 1.77 bits per heavy atom. The maximum Gasteiger partial charge on any atom is 0.0657 e. The molecule has 1 aromatic rings. The number of para-hydroxylation sites is 1. The first-order chi connectivity index (χ1) is 15.0. The average Bonchev–Trinajstić information content (AvgIpc) is 2.98. The third-order valence-electron chi connectivity index (χ3n) is 10.8. The summed E-state index contributed by atoms with van der Waals surface area (Å²) < 4.78 is 0. The van der Waals surface area contributed by atoms with E-state index >= 15 is 0 Å². The van der Waals surface area contributed by atoms with Crippen molar-refractivity contribution >= 4 is 11.9 Å². The van der Waals surface area contributed by atoms with Crippen LogP contribution in [0.15, 0.2) is 40.9 Å². The van der Waals surface area contributed by atoms with Gasteiger partial charge >= 0.3 is 0 Å². The fourth-order valence-corrected chi connectivity index (χ4v) is 9.11. The van der Waals surface area contributed by atoms with Gasteiger partial charge in [0.05, 0.1) is 11.8 Å². The molecule has 8 atom stereocenters. The van der Waals surface area contributed by atoms with Crippen LogP contribution in [0.2, 0.25) is 0 Å². The van der Waals surface area contributed by atoms with E-state index in [1.807, 2.05) is 0 Å². The molecule has 0 spiro atoms. The number of rotatable bonds is 1. The molecule has 4 aliphatic carbocycles. The highest BCUT2D eigenvalue weighted by molar-refractivity contribution is 5.69. The summed E-state index contributed by atoms with van der Waals surface area (Å²) in [6.45, 7) is 5.20. The van der Waals surface area contributed by atoms with Crippen LogP contribution in [0.5, 0.6) is 0 Å². The molecule has 6 rings (SSSR count). The summed E-state index contributed by atoms with van der Waals surface area (Å²) in [5, 5.41) is 10.3. The highest BCUT2D eigenvalue weighted by Crippen LogP contribution is 2.67. The lowest BCUT2D eigenvalue weighted by Crippen LogP contribution is -2.51. The second-order valence-electron chi connectivity index (χ2n) is 12.0. The molecule has 5 unspecified atom stereocenters. The van der Waals surface area contributed by atoms with E-state index in [1.54, 1.807) is 5.57 Å². The minimum Gasteiger partial charge on any atom is -0.393 e. The van der Waals surface area contributed by atoms with Crippen LogP contribution < -0.4 is 0 Å². The minimum atomic E-state index is -0.0979. The first kappa shape index (κ1) is 20.2. The third-order valence-corrected chi connectivity index (χ3v) is 10.8. The summed E-state index contributed by atoms with van der Waals surface area (Å²) in [4.78, 5) is 4.98. The number of nitrogens with zero attached hydrogens (tertiary/aromatic N) is 1. The average molecular weight is 418 g/mol. The van der Waals surface area contributed by atoms with Gasteiger partial charge in [-0.1, -0.05) is 43.7 Å². The fraction of sp³-hybridized carbons (Fsp3) is 0.690. The lowest BCUT2D eigenvalue weighted by atomic mass is 9.47. The Hall–Kier alpha value is -1.41. The van der Waals surface area contributed by atoms with E-state index in [4.69, 9.17) is 4.99 Å². The van der Waals surface area contributed by atoms with Crippen molar-refractivity contribution in [1.29, 1.82) is 0 Å². The number of aliphatic imine (C=N–C) groups is 1. The van der Waals surface area contributed by atoms with Gasteiger partial charge in [0, 0.05) is 6.21 Å². The molecule has 0 saturated heterocycles. The van der Waals surface area contributed by atoms with Gasteiger partial charge in [-0.05, 0) is 116 Å². The number of aliphatic hydroxyl groups is 1. The topological polar surface area (TPSA) is 32.6 Å². The predicted octanol–water partition coefficient (Wildman–Crippen LogP) is 6.89. The quantitative estimate of drug-likeness (QED) is 0.496. The highest BCUT2D eigenvalue weighted by atomic mass is 16.3. The summed E-state index contributed by atoms with van der Waals surface area (Å²) in [6, 6.07) is 8.75. The van der Waals surface area contributed by atoms with E-state index in [0.717, 1.165) is 36.5 Å². The highest BCUT2D eigenvalue weighted by Gasteiger charge is 2.59. The van der Waals surface area contributed by atoms with Crippen LogP contribution in [0.4, 0.5) is 5.69 Å². The van der Waals surface area contributed by atoms with Crippen LogP contribution in [0, 0.1) is 40.4 Å². The number of allylic oxidation sites excluding steroid dienone is 1. The summed E-state index contributed by atoms with van der Waals surface area (Å²) in [7, 11) is 0. The third kappa shape index (κ3) is 3.04. The van der Waals surface area contributed by atoms with E-state index < -0.39 is 0 Å². The molecule has 0 bridgehead atoms. The molecule has 0 radical (unpaired) electrons. The molecule has 166 valence electrons. The number of hydrogen-bond donors (Lipinski definition) is 1. The van der Waals surface area contributed by atoms with Crippen molar-refractivity contribution in [2.75, 3.05) is 0 Å². The Kier molecular flexibility index (Phi) is 4.76. The molecule has 1 aromatic carbocycles. The monoisotopic (exact) mass is 417 g/mol. The lowest BCUT2D eigenvalue weighted by molar-refractivity contribution is -0.0540. The Labute approximate surface area is 188 Å². The van der Waals surface area contributed by atoms with Crippen LogP contribution in [0.25, 0.3) is 0 Å². The minimum absolute atomic E-state index is 0.0979. The molecule has 1 aliphatic heterocycles. The Bertz CT molecular complexity index is 917. The Balaban J connectivity index is 1.26. The van der Waals surface area contributed by atoms with E-state index in [2.05, 4.69) is 50.4 Å². The van der Waals surface area contributed by atoms with Crippen molar-refractivity contribution in [1.82, 2.24) is 0 Å². The largest absolute Gasteiger partial charge is 0.393 e. The Morgan fingerprint density at radius 1 is 0.935 bits per heavy atom. The van der Waals surface area contributed by atoms with Crippen LogP contribution in [-0.4, -0.2) is 17.4 Å². The summed E-state index contributed by atoms with van der Waals surface area (Å²) in [5.41, 5.74) is 5.06. The maximum atomic E-state index is 10.3. The van der Waals surface area contributed by atoms with Crippen molar-refractivity contribution in [3.8, 4) is 0 Å². The molecule has 1 heterocycles. The molecule has 1 N–H and O–H groups in total. The van der Waals surface area contributed by atoms with Crippen LogP contribution in [-0.2, 0) is 6.42 Å². The van der Waals surface area contributed by atoms with Crippen molar-refractivity contribution < 1.29 is 5.11 Å². The number of aliphatic hydroxyl groups excluding tert-OH is 1. The first-order valence-corrected chi connectivity index (χ1v) is 13.0. The second kappa shape index (κ2) is 7.30. The van der Waals surface area contributed by atoms with E-state index in [-0.39, 0.29) is 6.10 Å². The SMILES string of the molecule is C[C@]12CCC3C(CC=C4C[C@@H](O)CC[C@@]43C)C1CCC2C1C=Nc2ccccc2CC1. The summed E-state index contributed by atoms with van der Waals surface area (Å²) in [6.07, 6.45) is 17.3. The smallest absolute Gasteiger partial charge is 0.0657 e. The molecule has 0 amide bonds. The zero-order valence-electron chi connectivity index (χ0n) is 19.4. The van der Waals surface area contributed by atoms with Gasteiger partial charge in [-0.15, -0.1) is 0 Å². The van der Waals surface area contributed by atoms with E-state index in [0.29, 0.717) is 16.7 Å². The molecular weight excluding hydrogens is 378 g/mol. The molecule has 3 fully saturated rings. The number of fused-ring (bicyclic) bond motifs is 6. The summed E-state index contributed by atoms with van der Waals surface area (Å²) >= 11 is 0. The van der Waals surface area contributed by atoms with Crippen molar-refractivity contribution in [2.24, 2.45) is 45.4 Å². The van der Waals surface area contributed by atoms with Crippen molar-refractivity contribution in [3.63, 3.8) is 0 Å². The van der Waals surface area contributed by atoms with Crippen molar-refractivity contribution in [3.05, 3.63) is 41.5 Å². The van der Waals surface area contributed by atoms with E-state index in [1.165, 1.54) is 62.6 Å². The number of aryl methyl sites for hydroxylation is 1. The zero-order valence-corrected chi connectivity index (χ0v) is 19.4.